The van der Waals surface area contributed by atoms with Crippen molar-refractivity contribution in [2.24, 2.45) is 5.10 Å². The molecule has 1 heterocycles. The van der Waals surface area contributed by atoms with E-state index in [1.807, 2.05) is 41.8 Å². The zero-order valence-electron chi connectivity index (χ0n) is 18.2. The van der Waals surface area contributed by atoms with E-state index in [1.165, 1.54) is 17.6 Å². The van der Waals surface area contributed by atoms with Crippen LogP contribution in [0, 0.1) is 12.3 Å². The fourth-order valence-corrected chi connectivity index (χ4v) is 4.09. The highest BCUT2D eigenvalue weighted by atomic mass is 35.5. The second-order valence-corrected chi connectivity index (χ2v) is 8.83. The number of hydrogen-bond donors (Lipinski definition) is 2. The smallest absolute Gasteiger partial charge is 0.271 e. The number of amides is 1. The highest BCUT2D eigenvalue weighted by Gasteiger charge is 2.08. The van der Waals surface area contributed by atoms with Crippen LogP contribution in [-0.4, -0.2) is 23.7 Å². The summed E-state index contributed by atoms with van der Waals surface area (Å²) in [5, 5.41) is 11.0. The van der Waals surface area contributed by atoms with Crippen LogP contribution in [0.4, 0.5) is 10.8 Å². The van der Waals surface area contributed by atoms with Gasteiger partial charge in [-0.3, -0.25) is 4.79 Å². The fourth-order valence-electron chi connectivity index (χ4n) is 2.98. The van der Waals surface area contributed by atoms with Crippen molar-refractivity contribution in [3.05, 3.63) is 93.3 Å². The Hall–Kier alpha value is -3.83. The Labute approximate surface area is 216 Å². The van der Waals surface area contributed by atoms with E-state index >= 15 is 0 Å². The number of benzene rings is 3. The van der Waals surface area contributed by atoms with Gasteiger partial charge in [0.15, 0.2) is 5.13 Å². The maximum atomic E-state index is 12.4. The third kappa shape index (κ3) is 6.61. The first-order chi connectivity index (χ1) is 17.0. The molecule has 0 aliphatic carbocycles. The quantitative estimate of drug-likeness (QED) is 0.155. The molecule has 0 bridgehead atoms. The number of aromatic nitrogens is 1. The normalized spacial score (nSPS) is 10.7. The molecule has 0 unspecified atom stereocenters. The lowest BCUT2D eigenvalue weighted by molar-refractivity contribution is 0.0955. The molecule has 0 saturated heterocycles. The molecule has 4 aromatic rings. The number of nitrogens with zero attached hydrogens (tertiary/aromatic N) is 2. The van der Waals surface area contributed by atoms with Gasteiger partial charge in [0.25, 0.3) is 5.91 Å². The number of hydrazone groups is 1. The molecule has 9 heteroatoms. The van der Waals surface area contributed by atoms with Crippen LogP contribution in [0.5, 0.6) is 5.75 Å². The van der Waals surface area contributed by atoms with Crippen molar-refractivity contribution < 1.29 is 9.53 Å². The van der Waals surface area contributed by atoms with Crippen molar-refractivity contribution in [1.82, 2.24) is 10.4 Å². The second-order valence-electron chi connectivity index (χ2n) is 7.13. The maximum Gasteiger partial charge on any atom is 0.271 e. The number of carbonyl (C=O) groups excluding carboxylic acids is 1. The summed E-state index contributed by atoms with van der Waals surface area (Å²) in [6.45, 7) is 0.131. The molecule has 0 spiro atoms. The van der Waals surface area contributed by atoms with E-state index in [9.17, 15) is 4.79 Å². The number of terminal acetylenes is 1. The summed E-state index contributed by atoms with van der Waals surface area (Å²) >= 11 is 13.6. The predicted octanol–water partition coefficient (Wildman–Crippen LogP) is 6.64. The van der Waals surface area contributed by atoms with Crippen LogP contribution in [0.15, 0.2) is 77.2 Å². The monoisotopic (exact) mass is 520 g/mol. The predicted molar refractivity (Wildman–Crippen MR) is 143 cm³/mol. The molecule has 0 radical (unpaired) electrons. The molecule has 0 aliphatic heterocycles. The zero-order valence-corrected chi connectivity index (χ0v) is 20.5. The number of thiazole rings is 1. The van der Waals surface area contributed by atoms with Gasteiger partial charge in [-0.2, -0.15) is 5.10 Å². The summed E-state index contributed by atoms with van der Waals surface area (Å²) in [6, 6.07) is 19.6. The SMILES string of the molecule is C#CCOc1ccc(/C=N\NC(=O)c2ccc(-c3csc(Nc4ccc(Cl)cc4)n3)cc2)cc1Cl. The van der Waals surface area contributed by atoms with Crippen LogP contribution >= 0.6 is 34.5 Å². The van der Waals surface area contributed by atoms with Gasteiger partial charge < -0.3 is 10.1 Å². The van der Waals surface area contributed by atoms with E-state index in [-0.39, 0.29) is 12.5 Å². The van der Waals surface area contributed by atoms with E-state index in [4.69, 9.17) is 34.4 Å². The highest BCUT2D eigenvalue weighted by molar-refractivity contribution is 7.14. The van der Waals surface area contributed by atoms with Gasteiger partial charge in [0.1, 0.15) is 12.4 Å². The van der Waals surface area contributed by atoms with Gasteiger partial charge in [0, 0.05) is 27.2 Å². The van der Waals surface area contributed by atoms with E-state index in [1.54, 1.807) is 30.3 Å². The third-order valence-electron chi connectivity index (χ3n) is 4.69. The number of rotatable bonds is 8. The molecule has 174 valence electrons. The minimum Gasteiger partial charge on any atom is -0.479 e. The van der Waals surface area contributed by atoms with Gasteiger partial charge in [0.05, 0.1) is 16.9 Å². The summed E-state index contributed by atoms with van der Waals surface area (Å²) in [4.78, 5) is 17.0. The number of nitrogens with one attached hydrogen (secondary N) is 2. The molecule has 0 aliphatic rings. The van der Waals surface area contributed by atoms with Crippen LogP contribution in [0.1, 0.15) is 15.9 Å². The van der Waals surface area contributed by atoms with Crippen molar-refractivity contribution in [2.75, 3.05) is 11.9 Å². The topological polar surface area (TPSA) is 75.6 Å². The molecule has 35 heavy (non-hydrogen) atoms. The van der Waals surface area contributed by atoms with Crippen LogP contribution in [0.2, 0.25) is 10.0 Å². The molecule has 1 amide bonds. The molecule has 3 aromatic carbocycles. The van der Waals surface area contributed by atoms with Crippen molar-refractivity contribution in [3.8, 4) is 29.4 Å². The lowest BCUT2D eigenvalue weighted by atomic mass is 10.1. The van der Waals surface area contributed by atoms with E-state index in [0.29, 0.717) is 26.9 Å². The molecule has 4 rings (SSSR count). The molecule has 0 saturated carbocycles. The summed E-state index contributed by atoms with van der Waals surface area (Å²) in [5.74, 6) is 2.53. The first-order valence-electron chi connectivity index (χ1n) is 10.3. The first-order valence-corrected chi connectivity index (χ1v) is 11.9. The van der Waals surface area contributed by atoms with Crippen molar-refractivity contribution in [3.63, 3.8) is 0 Å². The molecular weight excluding hydrogens is 503 g/mol. The maximum absolute atomic E-state index is 12.4. The third-order valence-corrected chi connectivity index (χ3v) is 5.99. The number of ether oxygens (including phenoxy) is 1. The standard InChI is InChI=1S/C26H18Cl2N4O2S/c1-2-13-34-24-12-3-17(14-22(24)28)15-29-32-25(33)19-6-4-18(5-7-19)23-16-35-26(31-23)30-21-10-8-20(27)9-11-21/h1,3-12,14-16H,13H2,(H,30,31)(H,32,33)/b29-15-. The number of hydrogen-bond acceptors (Lipinski definition) is 6. The van der Waals surface area contributed by atoms with Crippen LogP contribution < -0.4 is 15.5 Å². The Bertz CT molecular complexity index is 1390. The Kier molecular flexibility index (Phi) is 8.01. The second kappa shape index (κ2) is 11.5. The van der Waals surface area contributed by atoms with Crippen molar-refractivity contribution >= 4 is 57.5 Å². The minimum atomic E-state index is -0.337. The van der Waals surface area contributed by atoms with Crippen molar-refractivity contribution in [2.45, 2.75) is 0 Å². The van der Waals surface area contributed by atoms with E-state index in [2.05, 4.69) is 26.7 Å². The van der Waals surface area contributed by atoms with Gasteiger partial charge in [-0.25, -0.2) is 10.4 Å². The van der Waals surface area contributed by atoms with Crippen LogP contribution in [0.3, 0.4) is 0 Å². The van der Waals surface area contributed by atoms with Gasteiger partial charge in [-0.1, -0.05) is 41.3 Å². The van der Waals surface area contributed by atoms with Crippen LogP contribution in [-0.2, 0) is 0 Å². The summed E-state index contributed by atoms with van der Waals surface area (Å²) in [7, 11) is 0. The largest absolute Gasteiger partial charge is 0.479 e. The molecule has 1 aromatic heterocycles. The van der Waals surface area contributed by atoms with E-state index < -0.39 is 0 Å². The minimum absolute atomic E-state index is 0.131. The molecule has 2 N–H and O–H groups in total. The molecule has 6 nitrogen and oxygen atoms in total. The lowest BCUT2D eigenvalue weighted by Crippen LogP contribution is -2.17. The zero-order chi connectivity index (χ0) is 24.6. The Morgan fingerprint density at radius 1 is 1.11 bits per heavy atom. The van der Waals surface area contributed by atoms with Gasteiger partial charge in [-0.15, -0.1) is 17.8 Å². The van der Waals surface area contributed by atoms with Gasteiger partial charge in [-0.05, 0) is 60.2 Å². The van der Waals surface area contributed by atoms with Gasteiger partial charge in [0.2, 0.25) is 0 Å². The average molecular weight is 521 g/mol. The van der Waals surface area contributed by atoms with Gasteiger partial charge >= 0.3 is 0 Å². The van der Waals surface area contributed by atoms with E-state index in [0.717, 1.165) is 22.1 Å². The molecular formula is C26H18Cl2N4O2S. The Balaban J connectivity index is 1.34. The molecule has 0 fully saturated rings. The summed E-state index contributed by atoms with van der Waals surface area (Å²) in [5.41, 5.74) is 6.28. The first kappa shape index (κ1) is 24.3. The highest BCUT2D eigenvalue weighted by Crippen LogP contribution is 2.28. The fraction of sp³-hybridized carbons (Fsp3) is 0.0385. The number of anilines is 2. The van der Waals surface area contributed by atoms with Crippen LogP contribution in [0.25, 0.3) is 11.3 Å². The average Bonchev–Trinajstić information content (AvgIpc) is 3.33. The number of carbonyl (C=O) groups is 1. The molecule has 0 atom stereocenters. The Morgan fingerprint density at radius 3 is 2.60 bits per heavy atom. The summed E-state index contributed by atoms with van der Waals surface area (Å²) < 4.78 is 5.32. The number of halogens is 2. The van der Waals surface area contributed by atoms with Crippen molar-refractivity contribution in [1.29, 1.82) is 0 Å². The lowest BCUT2D eigenvalue weighted by Gasteiger charge is -2.05. The Morgan fingerprint density at radius 2 is 1.89 bits per heavy atom. The summed E-state index contributed by atoms with van der Waals surface area (Å²) in [6.07, 6.45) is 6.67.